The number of methoxy groups -OCH3 is 1. The second-order valence-electron chi connectivity index (χ2n) is 12.4. The van der Waals surface area contributed by atoms with Crippen LogP contribution < -0.4 is 9.64 Å². The van der Waals surface area contributed by atoms with Crippen LogP contribution in [-0.4, -0.2) is 56.0 Å². The quantitative estimate of drug-likeness (QED) is 0.299. The second kappa shape index (κ2) is 9.28. The van der Waals surface area contributed by atoms with Gasteiger partial charge in [-0.1, -0.05) is 17.7 Å². The van der Waals surface area contributed by atoms with Gasteiger partial charge in [-0.2, -0.15) is 0 Å². The summed E-state index contributed by atoms with van der Waals surface area (Å²) in [4.78, 5) is 53.9. The third-order valence-corrected chi connectivity index (χ3v) is 10.5. The molecule has 4 amide bonds. The van der Waals surface area contributed by atoms with Crippen molar-refractivity contribution in [3.05, 3.63) is 65.5 Å². The van der Waals surface area contributed by atoms with E-state index in [0.717, 1.165) is 17.0 Å². The lowest BCUT2D eigenvalue weighted by molar-refractivity contribution is -0.145. The van der Waals surface area contributed by atoms with Crippen LogP contribution in [0.3, 0.4) is 0 Å². The van der Waals surface area contributed by atoms with Crippen LogP contribution in [0.1, 0.15) is 45.1 Å². The number of anilines is 1. The van der Waals surface area contributed by atoms with Crippen LogP contribution in [0.4, 0.5) is 10.1 Å². The van der Waals surface area contributed by atoms with Gasteiger partial charge in [0.25, 0.3) is 11.8 Å². The summed E-state index contributed by atoms with van der Waals surface area (Å²) in [6, 6.07) is 9.30. The molecule has 1 saturated carbocycles. The Hall–Kier alpha value is -3.43. The maximum atomic E-state index is 14.3. The van der Waals surface area contributed by atoms with Crippen LogP contribution in [0, 0.1) is 23.6 Å². The predicted molar refractivity (Wildman–Crippen MR) is 153 cm³/mol. The average molecular weight is 615 g/mol. The first-order valence-corrected chi connectivity index (χ1v) is 14.4. The van der Waals surface area contributed by atoms with Crippen LogP contribution >= 0.6 is 23.2 Å². The van der Waals surface area contributed by atoms with Crippen LogP contribution in [-0.2, 0) is 19.2 Å². The predicted octanol–water partition coefficient (Wildman–Crippen LogP) is 4.90. The number of carbonyl (C=O) groups excluding carboxylic acids is 4. The van der Waals surface area contributed by atoms with E-state index in [1.54, 1.807) is 39.0 Å². The molecule has 1 N–H and O–H groups in total. The van der Waals surface area contributed by atoms with E-state index in [1.165, 1.54) is 30.2 Å². The number of imide groups is 2. The first kappa shape index (κ1) is 28.7. The van der Waals surface area contributed by atoms with Crippen LogP contribution in [0.5, 0.6) is 11.5 Å². The molecule has 0 aromatic heterocycles. The standard InChI is InChI=1S/C31H29Cl2FN2O6/c1-29(2,3)36-25(38)20-12-11-18-21(23(20)26(36)39)14-30(32)27(40)35(16-7-5-15(34)6-8-16)28(41)31(30,33)24(18)19-10-9-17(42-4)13-22(19)37/h5-11,13,20-21,23-24,37H,12,14H2,1-4H3. The van der Waals surface area contributed by atoms with Crippen molar-refractivity contribution >= 4 is 52.5 Å². The number of hydrogen-bond acceptors (Lipinski definition) is 6. The highest BCUT2D eigenvalue weighted by atomic mass is 35.5. The number of phenolic OH excluding ortho intramolecular Hbond substituents is 1. The maximum absolute atomic E-state index is 14.3. The van der Waals surface area contributed by atoms with Crippen molar-refractivity contribution in [1.82, 2.24) is 4.90 Å². The Morgan fingerprint density at radius 2 is 1.64 bits per heavy atom. The number of ether oxygens (including phenoxy) is 1. The summed E-state index contributed by atoms with van der Waals surface area (Å²) in [5.41, 5.74) is 0.0831. The minimum atomic E-state index is -2.13. The molecule has 2 aliphatic heterocycles. The number of benzene rings is 2. The van der Waals surface area contributed by atoms with E-state index >= 15 is 0 Å². The van der Waals surface area contributed by atoms with Crippen LogP contribution in [0.25, 0.3) is 0 Å². The smallest absolute Gasteiger partial charge is 0.258 e. The van der Waals surface area contributed by atoms with E-state index in [4.69, 9.17) is 27.9 Å². The first-order valence-electron chi connectivity index (χ1n) is 13.6. The highest BCUT2D eigenvalue weighted by Gasteiger charge is 2.77. The number of phenols is 1. The molecule has 4 aliphatic rings. The van der Waals surface area contributed by atoms with Crippen molar-refractivity contribution in [3.63, 3.8) is 0 Å². The van der Waals surface area contributed by atoms with Gasteiger partial charge in [0.2, 0.25) is 11.8 Å². The Morgan fingerprint density at radius 3 is 2.24 bits per heavy atom. The van der Waals surface area contributed by atoms with Gasteiger partial charge in [-0.25, -0.2) is 9.29 Å². The Bertz CT molecular complexity index is 1590. The molecule has 0 spiro atoms. The van der Waals surface area contributed by atoms with Crippen molar-refractivity contribution in [3.8, 4) is 11.5 Å². The minimum absolute atomic E-state index is 0.0828. The molecule has 2 aliphatic carbocycles. The number of alkyl halides is 2. The number of carbonyl (C=O) groups is 4. The summed E-state index contributed by atoms with van der Waals surface area (Å²) in [5, 5.41) is 11.2. The fraction of sp³-hybridized carbons (Fsp3) is 0.419. The highest BCUT2D eigenvalue weighted by molar-refractivity contribution is 6.58. The van der Waals surface area contributed by atoms with E-state index in [-0.39, 0.29) is 41.7 Å². The number of allylic oxidation sites excluding steroid dienone is 2. The lowest BCUT2D eigenvalue weighted by Crippen LogP contribution is -2.60. The van der Waals surface area contributed by atoms with Gasteiger partial charge in [0.1, 0.15) is 17.3 Å². The van der Waals surface area contributed by atoms with E-state index < -0.39 is 56.6 Å². The third kappa shape index (κ3) is 3.65. The molecular formula is C31H29Cl2FN2O6. The largest absolute Gasteiger partial charge is 0.508 e. The average Bonchev–Trinajstić information content (AvgIpc) is 3.28. The van der Waals surface area contributed by atoms with Gasteiger partial charge in [-0.15, -0.1) is 23.2 Å². The Balaban J connectivity index is 1.57. The molecular weight excluding hydrogens is 586 g/mol. The number of rotatable bonds is 3. The lowest BCUT2D eigenvalue weighted by atomic mass is 9.56. The van der Waals surface area contributed by atoms with E-state index in [0.29, 0.717) is 11.3 Å². The molecule has 8 nitrogen and oxygen atoms in total. The molecule has 3 fully saturated rings. The van der Waals surface area contributed by atoms with Gasteiger partial charge in [0.05, 0.1) is 24.6 Å². The summed E-state index contributed by atoms with van der Waals surface area (Å²) in [5.74, 6) is -6.16. The van der Waals surface area contributed by atoms with Gasteiger partial charge >= 0.3 is 0 Å². The molecule has 6 atom stereocenters. The minimum Gasteiger partial charge on any atom is -0.508 e. The number of fused-ring (bicyclic) bond motifs is 4. The zero-order chi connectivity index (χ0) is 30.5. The SMILES string of the molecule is COc1ccc(C2C3=CCC4C(=O)N(C(C)(C)C)C(=O)C4C3CC3(Cl)C(=O)N(c4ccc(F)cc4)C(=O)C23Cl)c(O)c1. The number of halogens is 3. The topological polar surface area (TPSA) is 104 Å². The summed E-state index contributed by atoms with van der Waals surface area (Å²) >= 11 is 14.6. The summed E-state index contributed by atoms with van der Waals surface area (Å²) in [6.07, 6.45) is 1.82. The summed E-state index contributed by atoms with van der Waals surface area (Å²) in [7, 11) is 1.44. The normalized spacial score (nSPS) is 32.5. The van der Waals surface area contributed by atoms with Crippen molar-refractivity contribution in [2.45, 2.75) is 54.8 Å². The number of hydrogen-bond donors (Lipinski definition) is 1. The molecule has 0 bridgehead atoms. The van der Waals surface area contributed by atoms with Gasteiger partial charge in [-0.3, -0.25) is 24.1 Å². The molecule has 11 heteroatoms. The molecule has 2 aromatic rings. The zero-order valence-electron chi connectivity index (χ0n) is 23.4. The molecule has 6 unspecified atom stereocenters. The third-order valence-electron chi connectivity index (χ3n) is 9.12. The molecule has 0 radical (unpaired) electrons. The molecule has 2 aromatic carbocycles. The van der Waals surface area contributed by atoms with Gasteiger partial charge < -0.3 is 9.84 Å². The van der Waals surface area contributed by atoms with E-state index in [2.05, 4.69) is 0 Å². The molecule has 6 rings (SSSR count). The fourth-order valence-electron chi connectivity index (χ4n) is 7.30. The molecule has 42 heavy (non-hydrogen) atoms. The van der Waals surface area contributed by atoms with Crippen molar-refractivity contribution in [2.75, 3.05) is 12.0 Å². The van der Waals surface area contributed by atoms with Crippen molar-refractivity contribution in [1.29, 1.82) is 0 Å². The lowest BCUT2D eigenvalue weighted by Gasteiger charge is -2.50. The monoisotopic (exact) mass is 614 g/mol. The Morgan fingerprint density at radius 1 is 0.976 bits per heavy atom. The van der Waals surface area contributed by atoms with Gasteiger partial charge in [-0.05, 0) is 69.9 Å². The number of amides is 4. The summed E-state index contributed by atoms with van der Waals surface area (Å²) in [6.45, 7) is 5.33. The molecule has 2 heterocycles. The fourth-order valence-corrected chi connectivity index (χ4v) is 8.23. The van der Waals surface area contributed by atoms with Crippen LogP contribution in [0.2, 0.25) is 0 Å². The van der Waals surface area contributed by atoms with E-state index in [9.17, 15) is 28.7 Å². The first-order chi connectivity index (χ1) is 19.7. The Kier molecular flexibility index (Phi) is 6.34. The molecule has 220 valence electrons. The maximum Gasteiger partial charge on any atom is 0.258 e. The zero-order valence-corrected chi connectivity index (χ0v) is 24.9. The second-order valence-corrected chi connectivity index (χ2v) is 13.6. The van der Waals surface area contributed by atoms with E-state index in [1.807, 2.05) is 0 Å². The summed E-state index contributed by atoms with van der Waals surface area (Å²) < 4.78 is 19.0. The van der Waals surface area contributed by atoms with Crippen molar-refractivity contribution in [2.24, 2.45) is 17.8 Å². The number of nitrogens with zero attached hydrogens (tertiary/aromatic N) is 2. The van der Waals surface area contributed by atoms with Crippen LogP contribution in [0.15, 0.2) is 54.1 Å². The van der Waals surface area contributed by atoms with Gasteiger partial charge in [0, 0.05) is 23.1 Å². The van der Waals surface area contributed by atoms with Gasteiger partial charge in [0.15, 0.2) is 9.75 Å². The highest BCUT2D eigenvalue weighted by Crippen LogP contribution is 2.66. The number of aromatic hydroxyl groups is 1. The number of likely N-dealkylation sites (tertiary alicyclic amines) is 1. The Labute approximate surface area is 252 Å². The van der Waals surface area contributed by atoms with Crippen molar-refractivity contribution < 1.29 is 33.4 Å². The molecule has 2 saturated heterocycles.